The predicted molar refractivity (Wildman–Crippen MR) is 66.2 cm³/mol. The molecular formula is C13H17NO4. The molecule has 5 nitrogen and oxygen atoms in total. The SMILES string of the molecule is CCC(CNC(=O)Cc1ccccc1O)C(=O)O. The zero-order valence-corrected chi connectivity index (χ0v) is 10.2. The van der Waals surface area contributed by atoms with Crippen molar-refractivity contribution < 1.29 is 19.8 Å². The number of nitrogens with one attached hydrogen (secondary N) is 1. The fraction of sp³-hybridized carbons (Fsp3) is 0.385. The van der Waals surface area contributed by atoms with Gasteiger partial charge in [-0.05, 0) is 12.5 Å². The molecule has 0 bridgehead atoms. The second-order valence-corrected chi connectivity index (χ2v) is 4.05. The number of phenols is 1. The maximum Gasteiger partial charge on any atom is 0.308 e. The molecule has 1 unspecified atom stereocenters. The third kappa shape index (κ3) is 4.08. The standard InChI is InChI=1S/C13H17NO4/c1-2-9(13(17)18)8-14-12(16)7-10-5-3-4-6-11(10)15/h3-6,9,15H,2,7-8H2,1H3,(H,14,16)(H,17,18). The van der Waals surface area contributed by atoms with Gasteiger partial charge in [0.05, 0.1) is 12.3 Å². The molecule has 0 aliphatic rings. The molecule has 3 N–H and O–H groups in total. The molecule has 0 aromatic heterocycles. The Hall–Kier alpha value is -2.04. The molecule has 0 heterocycles. The highest BCUT2D eigenvalue weighted by molar-refractivity contribution is 5.80. The second kappa shape index (κ2) is 6.64. The van der Waals surface area contributed by atoms with Crippen molar-refractivity contribution in [3.8, 4) is 5.75 Å². The fourth-order valence-corrected chi connectivity index (χ4v) is 1.54. The molecular weight excluding hydrogens is 234 g/mol. The van der Waals surface area contributed by atoms with Crippen LogP contribution in [0.1, 0.15) is 18.9 Å². The van der Waals surface area contributed by atoms with Gasteiger partial charge < -0.3 is 15.5 Å². The Kier molecular flexibility index (Phi) is 5.17. The number of para-hydroxylation sites is 1. The van der Waals surface area contributed by atoms with Gasteiger partial charge in [-0.15, -0.1) is 0 Å². The number of carbonyl (C=O) groups is 2. The molecule has 0 spiro atoms. The minimum Gasteiger partial charge on any atom is -0.508 e. The van der Waals surface area contributed by atoms with Crippen LogP contribution in [0.3, 0.4) is 0 Å². The average molecular weight is 251 g/mol. The highest BCUT2D eigenvalue weighted by Crippen LogP contribution is 2.15. The third-order valence-electron chi connectivity index (χ3n) is 2.73. The van der Waals surface area contributed by atoms with Crippen molar-refractivity contribution in [3.63, 3.8) is 0 Å². The van der Waals surface area contributed by atoms with Crippen molar-refractivity contribution in [1.82, 2.24) is 5.32 Å². The van der Waals surface area contributed by atoms with Gasteiger partial charge in [0.2, 0.25) is 5.91 Å². The maximum absolute atomic E-state index is 11.6. The van der Waals surface area contributed by atoms with Crippen LogP contribution in [0.15, 0.2) is 24.3 Å². The average Bonchev–Trinajstić information content (AvgIpc) is 2.32. The van der Waals surface area contributed by atoms with Crippen molar-refractivity contribution in [2.24, 2.45) is 5.92 Å². The highest BCUT2D eigenvalue weighted by Gasteiger charge is 2.16. The summed E-state index contributed by atoms with van der Waals surface area (Å²) in [6.07, 6.45) is 0.509. The normalized spacial score (nSPS) is 11.8. The molecule has 98 valence electrons. The minimum absolute atomic E-state index is 0.0444. The lowest BCUT2D eigenvalue weighted by Crippen LogP contribution is -2.33. The lowest BCUT2D eigenvalue weighted by atomic mass is 10.1. The molecule has 0 saturated heterocycles. The first-order valence-corrected chi connectivity index (χ1v) is 5.81. The van der Waals surface area contributed by atoms with Gasteiger partial charge in [-0.25, -0.2) is 0 Å². The summed E-state index contributed by atoms with van der Waals surface area (Å²) < 4.78 is 0. The van der Waals surface area contributed by atoms with Gasteiger partial charge in [0.15, 0.2) is 0 Å². The molecule has 1 atom stereocenters. The van der Waals surface area contributed by atoms with Crippen molar-refractivity contribution in [2.75, 3.05) is 6.54 Å². The van der Waals surface area contributed by atoms with E-state index >= 15 is 0 Å². The molecule has 1 rings (SSSR count). The van der Waals surface area contributed by atoms with Gasteiger partial charge in [-0.2, -0.15) is 0 Å². The van der Waals surface area contributed by atoms with E-state index in [4.69, 9.17) is 5.11 Å². The molecule has 0 fully saturated rings. The van der Waals surface area contributed by atoms with Gasteiger partial charge in [0, 0.05) is 12.1 Å². The van der Waals surface area contributed by atoms with Crippen LogP contribution in [0.2, 0.25) is 0 Å². The van der Waals surface area contributed by atoms with Crippen LogP contribution in [0.5, 0.6) is 5.75 Å². The third-order valence-corrected chi connectivity index (χ3v) is 2.73. The van der Waals surface area contributed by atoms with Gasteiger partial charge in [-0.3, -0.25) is 9.59 Å². The summed E-state index contributed by atoms with van der Waals surface area (Å²) in [6, 6.07) is 6.57. The largest absolute Gasteiger partial charge is 0.508 e. The van der Waals surface area contributed by atoms with Crippen LogP contribution in [0.25, 0.3) is 0 Å². The number of benzene rings is 1. The van der Waals surface area contributed by atoms with E-state index < -0.39 is 11.9 Å². The Labute approximate surface area is 105 Å². The molecule has 18 heavy (non-hydrogen) atoms. The molecule has 1 amide bonds. The lowest BCUT2D eigenvalue weighted by Gasteiger charge is -2.11. The Morgan fingerprint density at radius 2 is 2.00 bits per heavy atom. The van der Waals surface area contributed by atoms with Gasteiger partial charge >= 0.3 is 5.97 Å². The summed E-state index contributed by atoms with van der Waals surface area (Å²) in [4.78, 5) is 22.4. The number of carboxylic acid groups (broad SMARTS) is 1. The maximum atomic E-state index is 11.6. The summed E-state index contributed by atoms with van der Waals surface area (Å²) in [6.45, 7) is 1.87. The molecule has 0 aliphatic carbocycles. The summed E-state index contributed by atoms with van der Waals surface area (Å²) >= 11 is 0. The number of aliphatic carboxylic acids is 1. The summed E-state index contributed by atoms with van der Waals surface area (Å²) in [5.41, 5.74) is 0.526. The molecule has 5 heteroatoms. The molecule has 0 saturated carbocycles. The quantitative estimate of drug-likeness (QED) is 0.708. The number of rotatable bonds is 6. The first-order chi connectivity index (χ1) is 8.54. The van der Waals surface area contributed by atoms with E-state index in [1.54, 1.807) is 25.1 Å². The number of aromatic hydroxyl groups is 1. The minimum atomic E-state index is -0.916. The van der Waals surface area contributed by atoms with Crippen LogP contribution in [0.4, 0.5) is 0 Å². The Morgan fingerprint density at radius 3 is 2.56 bits per heavy atom. The van der Waals surface area contributed by atoms with Crippen LogP contribution in [-0.4, -0.2) is 28.6 Å². The zero-order valence-electron chi connectivity index (χ0n) is 10.2. The zero-order chi connectivity index (χ0) is 13.5. The number of carbonyl (C=O) groups excluding carboxylic acids is 1. The number of phenolic OH excluding ortho intramolecular Hbond substituents is 1. The van der Waals surface area contributed by atoms with E-state index in [0.717, 1.165) is 0 Å². The first-order valence-electron chi connectivity index (χ1n) is 5.81. The topological polar surface area (TPSA) is 86.6 Å². The number of hydrogen-bond acceptors (Lipinski definition) is 3. The molecule has 0 radical (unpaired) electrons. The van der Waals surface area contributed by atoms with E-state index in [1.165, 1.54) is 6.07 Å². The van der Waals surface area contributed by atoms with Crippen LogP contribution in [0, 0.1) is 5.92 Å². The number of carboxylic acids is 1. The molecule has 1 aromatic carbocycles. The summed E-state index contributed by atoms with van der Waals surface area (Å²) in [5, 5.41) is 20.9. The smallest absolute Gasteiger partial charge is 0.308 e. The Morgan fingerprint density at radius 1 is 1.33 bits per heavy atom. The van der Waals surface area contributed by atoms with Crippen molar-refractivity contribution in [3.05, 3.63) is 29.8 Å². The van der Waals surface area contributed by atoms with Gasteiger partial charge in [-0.1, -0.05) is 25.1 Å². The molecule has 1 aromatic rings. The van der Waals surface area contributed by atoms with Crippen LogP contribution in [-0.2, 0) is 16.0 Å². The second-order valence-electron chi connectivity index (χ2n) is 4.05. The fourth-order valence-electron chi connectivity index (χ4n) is 1.54. The van der Waals surface area contributed by atoms with Crippen molar-refractivity contribution in [1.29, 1.82) is 0 Å². The Balaban J connectivity index is 2.48. The van der Waals surface area contributed by atoms with E-state index in [9.17, 15) is 14.7 Å². The number of amides is 1. The lowest BCUT2D eigenvalue weighted by molar-refractivity contribution is -0.141. The van der Waals surface area contributed by atoms with Crippen molar-refractivity contribution in [2.45, 2.75) is 19.8 Å². The summed E-state index contributed by atoms with van der Waals surface area (Å²) in [7, 11) is 0. The van der Waals surface area contributed by atoms with Gasteiger partial charge in [0.1, 0.15) is 5.75 Å². The van der Waals surface area contributed by atoms with Crippen LogP contribution >= 0.6 is 0 Å². The first kappa shape index (κ1) is 14.0. The van der Waals surface area contributed by atoms with Crippen LogP contribution < -0.4 is 5.32 Å². The van der Waals surface area contributed by atoms with E-state index in [1.807, 2.05) is 0 Å². The van der Waals surface area contributed by atoms with Gasteiger partial charge in [0.25, 0.3) is 0 Å². The molecule has 0 aliphatic heterocycles. The number of hydrogen-bond donors (Lipinski definition) is 3. The van der Waals surface area contributed by atoms with E-state index in [-0.39, 0.29) is 24.6 Å². The summed E-state index contributed by atoms with van der Waals surface area (Å²) in [5.74, 6) is -1.71. The van der Waals surface area contributed by atoms with E-state index in [2.05, 4.69) is 5.32 Å². The predicted octanol–water partition coefficient (Wildman–Crippen LogP) is 1.16. The van der Waals surface area contributed by atoms with Crippen molar-refractivity contribution >= 4 is 11.9 Å². The Bertz CT molecular complexity index is 431. The van der Waals surface area contributed by atoms with E-state index in [0.29, 0.717) is 12.0 Å². The monoisotopic (exact) mass is 251 g/mol. The highest BCUT2D eigenvalue weighted by atomic mass is 16.4.